The lowest BCUT2D eigenvalue weighted by Crippen LogP contribution is -2.36. The van der Waals surface area contributed by atoms with Crippen LogP contribution in [0.1, 0.15) is 36.1 Å². The topological polar surface area (TPSA) is 21.3 Å². The van der Waals surface area contributed by atoms with Crippen LogP contribution in [0.3, 0.4) is 0 Å². The zero-order chi connectivity index (χ0) is 15.1. The number of anilines is 1. The Morgan fingerprint density at radius 1 is 1.18 bits per heavy atom. The summed E-state index contributed by atoms with van der Waals surface area (Å²) in [5, 5.41) is 3.60. The van der Waals surface area contributed by atoms with Crippen LogP contribution >= 0.6 is 15.9 Å². The second-order valence-electron chi connectivity index (χ2n) is 6.01. The Balaban J connectivity index is 1.79. The maximum atomic E-state index is 13.6. The molecule has 0 saturated carbocycles. The quantitative estimate of drug-likeness (QED) is 0.751. The van der Waals surface area contributed by atoms with Crippen molar-refractivity contribution in [2.24, 2.45) is 5.92 Å². The van der Waals surface area contributed by atoms with Crippen LogP contribution in [0.4, 0.5) is 10.1 Å². The minimum Gasteiger partial charge on any atom is -0.378 e. The van der Waals surface area contributed by atoms with Gasteiger partial charge in [0.2, 0.25) is 0 Å². The number of fused-ring (bicyclic) bond motifs is 3. The summed E-state index contributed by atoms with van der Waals surface area (Å²) in [6, 6.07) is 13.2. The average Bonchev–Trinajstić information content (AvgIpc) is 2.54. The first-order valence-corrected chi connectivity index (χ1v) is 8.45. The third-order valence-electron chi connectivity index (χ3n) is 4.64. The fourth-order valence-electron chi connectivity index (χ4n) is 3.67. The molecular weight excluding hydrogens is 345 g/mol. The van der Waals surface area contributed by atoms with E-state index in [0.717, 1.165) is 35.2 Å². The molecule has 1 fully saturated rings. The Morgan fingerprint density at radius 3 is 2.95 bits per heavy atom. The summed E-state index contributed by atoms with van der Waals surface area (Å²) in [5.74, 6) is 0.145. The Bertz CT molecular complexity index is 705. The largest absolute Gasteiger partial charge is 0.378 e. The second kappa shape index (κ2) is 5.67. The summed E-state index contributed by atoms with van der Waals surface area (Å²) in [7, 11) is 0. The minimum atomic E-state index is -0.186. The van der Waals surface area contributed by atoms with E-state index in [1.54, 1.807) is 12.1 Å². The number of nitrogens with one attached hydrogen (secondary N) is 1. The van der Waals surface area contributed by atoms with Crippen molar-refractivity contribution in [3.63, 3.8) is 0 Å². The summed E-state index contributed by atoms with van der Waals surface area (Å²) in [5.41, 5.74) is 3.28. The first kappa shape index (κ1) is 14.2. The number of halogens is 2. The summed E-state index contributed by atoms with van der Waals surface area (Å²) in [6.45, 7) is 0.795. The zero-order valence-corrected chi connectivity index (χ0v) is 13.6. The molecular formula is C18H17BrFNO. The van der Waals surface area contributed by atoms with Gasteiger partial charge in [0.1, 0.15) is 5.82 Å². The van der Waals surface area contributed by atoms with Crippen LogP contribution in [0.2, 0.25) is 0 Å². The highest BCUT2D eigenvalue weighted by Crippen LogP contribution is 2.49. The summed E-state index contributed by atoms with van der Waals surface area (Å²) >= 11 is 3.54. The lowest BCUT2D eigenvalue weighted by atomic mass is 9.77. The highest BCUT2D eigenvalue weighted by atomic mass is 79.9. The molecule has 4 heteroatoms. The Labute approximate surface area is 137 Å². The molecule has 2 aliphatic rings. The van der Waals surface area contributed by atoms with E-state index in [9.17, 15) is 4.39 Å². The molecule has 22 heavy (non-hydrogen) atoms. The van der Waals surface area contributed by atoms with Gasteiger partial charge < -0.3 is 10.1 Å². The van der Waals surface area contributed by atoms with Gasteiger partial charge in [-0.2, -0.15) is 0 Å². The fourth-order valence-corrected chi connectivity index (χ4v) is 4.05. The Morgan fingerprint density at radius 2 is 2.09 bits per heavy atom. The fraction of sp³-hybridized carbons (Fsp3) is 0.333. The van der Waals surface area contributed by atoms with Gasteiger partial charge >= 0.3 is 0 Å². The van der Waals surface area contributed by atoms with Gasteiger partial charge in [-0.05, 0) is 48.7 Å². The highest BCUT2D eigenvalue weighted by Gasteiger charge is 2.39. The third-order valence-corrected chi connectivity index (χ3v) is 5.13. The standard InChI is InChI=1S/C18H17BrFNO/c19-12-6-7-16-15(10-12)18-14(5-2-8-22-18)17(21-16)11-3-1-4-13(20)9-11/h1,3-4,6-7,9-10,14,17-18,21H,2,5,8H2/t14-,17+,18+/m1/s1. The molecule has 0 bridgehead atoms. The van der Waals surface area contributed by atoms with Crippen LogP contribution in [0.15, 0.2) is 46.9 Å². The van der Waals surface area contributed by atoms with E-state index in [1.165, 1.54) is 11.6 Å². The minimum absolute atomic E-state index is 0.0794. The van der Waals surface area contributed by atoms with Gasteiger partial charge in [-0.25, -0.2) is 4.39 Å². The maximum absolute atomic E-state index is 13.6. The molecule has 1 N–H and O–H groups in total. The first-order chi connectivity index (χ1) is 10.7. The van der Waals surface area contributed by atoms with Crippen LogP contribution in [-0.4, -0.2) is 6.61 Å². The van der Waals surface area contributed by atoms with Crippen LogP contribution in [-0.2, 0) is 4.74 Å². The second-order valence-corrected chi connectivity index (χ2v) is 6.92. The zero-order valence-electron chi connectivity index (χ0n) is 12.1. The van der Waals surface area contributed by atoms with E-state index in [1.807, 2.05) is 12.1 Å². The van der Waals surface area contributed by atoms with Gasteiger partial charge in [0.05, 0.1) is 12.1 Å². The van der Waals surface area contributed by atoms with Crippen molar-refractivity contribution in [1.29, 1.82) is 0 Å². The van der Waals surface area contributed by atoms with E-state index in [4.69, 9.17) is 4.74 Å². The molecule has 0 spiro atoms. The third kappa shape index (κ3) is 2.44. The highest BCUT2D eigenvalue weighted by molar-refractivity contribution is 9.10. The van der Waals surface area contributed by atoms with Crippen molar-refractivity contribution in [2.45, 2.75) is 25.0 Å². The van der Waals surface area contributed by atoms with Crippen molar-refractivity contribution in [1.82, 2.24) is 0 Å². The van der Waals surface area contributed by atoms with E-state index >= 15 is 0 Å². The molecule has 0 aliphatic carbocycles. The molecule has 2 nitrogen and oxygen atoms in total. The van der Waals surface area contributed by atoms with Gasteiger partial charge in [0.15, 0.2) is 0 Å². The number of benzene rings is 2. The van der Waals surface area contributed by atoms with Crippen molar-refractivity contribution in [3.8, 4) is 0 Å². The average molecular weight is 362 g/mol. The number of rotatable bonds is 1. The Hall–Kier alpha value is -1.39. The van der Waals surface area contributed by atoms with E-state index in [-0.39, 0.29) is 18.0 Å². The van der Waals surface area contributed by atoms with Gasteiger partial charge in [-0.1, -0.05) is 28.1 Å². The summed E-state index contributed by atoms with van der Waals surface area (Å²) in [4.78, 5) is 0. The normalized spacial score (nSPS) is 26.7. The van der Waals surface area contributed by atoms with Crippen LogP contribution in [0.5, 0.6) is 0 Å². The molecule has 0 amide bonds. The number of ether oxygens (including phenoxy) is 1. The lowest BCUT2D eigenvalue weighted by molar-refractivity contribution is -0.0381. The van der Waals surface area contributed by atoms with Crippen LogP contribution < -0.4 is 5.32 Å². The van der Waals surface area contributed by atoms with Gasteiger partial charge in [0, 0.05) is 28.2 Å². The molecule has 2 aromatic rings. The predicted octanol–water partition coefficient (Wildman–Crippen LogP) is 5.22. The Kier molecular flexibility index (Phi) is 3.66. The van der Waals surface area contributed by atoms with Crippen molar-refractivity contribution in [2.75, 3.05) is 11.9 Å². The van der Waals surface area contributed by atoms with Crippen LogP contribution in [0.25, 0.3) is 0 Å². The van der Waals surface area contributed by atoms with E-state index in [2.05, 4.69) is 33.4 Å². The molecule has 0 unspecified atom stereocenters. The van der Waals surface area contributed by atoms with Crippen molar-refractivity contribution >= 4 is 21.6 Å². The van der Waals surface area contributed by atoms with Crippen LogP contribution in [0, 0.1) is 11.7 Å². The molecule has 2 heterocycles. The molecule has 2 aliphatic heterocycles. The lowest BCUT2D eigenvalue weighted by Gasteiger charge is -2.43. The first-order valence-electron chi connectivity index (χ1n) is 7.65. The number of hydrogen-bond acceptors (Lipinski definition) is 2. The number of hydrogen-bond donors (Lipinski definition) is 1. The van der Waals surface area contributed by atoms with E-state index in [0.29, 0.717) is 5.92 Å². The molecule has 4 rings (SSSR count). The summed E-state index contributed by atoms with van der Waals surface area (Å²) < 4.78 is 20.8. The molecule has 114 valence electrons. The monoisotopic (exact) mass is 361 g/mol. The maximum Gasteiger partial charge on any atom is 0.123 e. The van der Waals surface area contributed by atoms with Crippen molar-refractivity contribution < 1.29 is 9.13 Å². The predicted molar refractivity (Wildman–Crippen MR) is 88.3 cm³/mol. The van der Waals surface area contributed by atoms with Gasteiger partial charge in [0.25, 0.3) is 0 Å². The molecule has 1 saturated heterocycles. The molecule has 0 aromatic heterocycles. The molecule has 0 radical (unpaired) electrons. The van der Waals surface area contributed by atoms with E-state index < -0.39 is 0 Å². The van der Waals surface area contributed by atoms with Gasteiger partial charge in [-0.15, -0.1) is 0 Å². The van der Waals surface area contributed by atoms with Gasteiger partial charge in [-0.3, -0.25) is 0 Å². The molecule has 2 aromatic carbocycles. The SMILES string of the molecule is Fc1cccc([C@@H]2Nc3ccc(Br)cc3[C@H]3OCCC[C@@H]32)c1. The molecule has 3 atom stereocenters. The summed E-state index contributed by atoms with van der Waals surface area (Å²) in [6.07, 6.45) is 2.22. The van der Waals surface area contributed by atoms with Crippen molar-refractivity contribution in [3.05, 3.63) is 63.9 Å². The smallest absolute Gasteiger partial charge is 0.123 e.